The van der Waals surface area contributed by atoms with E-state index >= 15 is 0 Å². The zero-order chi connectivity index (χ0) is 13.9. The Bertz CT molecular complexity index is 492. The van der Waals surface area contributed by atoms with Gasteiger partial charge in [-0.15, -0.1) is 0 Å². The summed E-state index contributed by atoms with van der Waals surface area (Å²) in [5, 5.41) is 12.5. The normalized spacial score (nSPS) is 26.7. The van der Waals surface area contributed by atoms with E-state index in [0.29, 0.717) is 0 Å². The SMILES string of the molecule is CNC1(C#N)CCCC(Oc2cccc(C)c2C)C1. The summed E-state index contributed by atoms with van der Waals surface area (Å²) in [6.07, 6.45) is 3.85. The van der Waals surface area contributed by atoms with Gasteiger partial charge < -0.3 is 10.1 Å². The molecule has 0 bridgehead atoms. The summed E-state index contributed by atoms with van der Waals surface area (Å²) in [5.74, 6) is 0.954. The highest BCUT2D eigenvalue weighted by Gasteiger charge is 2.36. The smallest absolute Gasteiger partial charge is 0.122 e. The molecule has 0 aromatic heterocycles. The quantitative estimate of drug-likeness (QED) is 0.906. The molecule has 0 radical (unpaired) electrons. The average molecular weight is 258 g/mol. The fraction of sp³-hybridized carbons (Fsp3) is 0.562. The Morgan fingerprint density at radius 3 is 2.89 bits per heavy atom. The summed E-state index contributed by atoms with van der Waals surface area (Å²) in [6.45, 7) is 4.18. The average Bonchev–Trinajstić information content (AvgIpc) is 2.44. The largest absolute Gasteiger partial charge is 0.490 e. The van der Waals surface area contributed by atoms with Gasteiger partial charge in [-0.1, -0.05) is 12.1 Å². The van der Waals surface area contributed by atoms with Gasteiger partial charge in [0.1, 0.15) is 17.4 Å². The first-order valence-corrected chi connectivity index (χ1v) is 6.93. The molecule has 2 unspecified atom stereocenters. The van der Waals surface area contributed by atoms with Gasteiger partial charge in [0.2, 0.25) is 0 Å². The summed E-state index contributed by atoms with van der Waals surface area (Å²) in [6, 6.07) is 8.55. The number of nitriles is 1. The Hall–Kier alpha value is -1.53. The Morgan fingerprint density at radius 1 is 1.42 bits per heavy atom. The van der Waals surface area contributed by atoms with Crippen LogP contribution in [0.2, 0.25) is 0 Å². The van der Waals surface area contributed by atoms with Crippen LogP contribution in [0.5, 0.6) is 5.75 Å². The lowest BCUT2D eigenvalue weighted by Gasteiger charge is -2.35. The monoisotopic (exact) mass is 258 g/mol. The van der Waals surface area contributed by atoms with E-state index in [1.54, 1.807) is 0 Å². The maximum atomic E-state index is 9.36. The predicted molar refractivity (Wildman–Crippen MR) is 76.2 cm³/mol. The molecule has 0 saturated heterocycles. The third-order valence-electron chi connectivity index (χ3n) is 4.25. The lowest BCUT2D eigenvalue weighted by Crippen LogP contribution is -2.48. The number of rotatable bonds is 3. The number of benzene rings is 1. The topological polar surface area (TPSA) is 45.0 Å². The standard InChI is InChI=1S/C16H22N2O/c1-12-6-4-8-15(13(12)2)19-14-7-5-9-16(10-14,11-17)18-3/h4,6,8,14,18H,5,7,9-10H2,1-3H3. The molecule has 2 atom stereocenters. The Labute approximate surface area is 115 Å². The van der Waals surface area contributed by atoms with Crippen molar-refractivity contribution in [3.8, 4) is 11.8 Å². The Kier molecular flexibility index (Phi) is 4.11. The second-order valence-electron chi connectivity index (χ2n) is 5.48. The van der Waals surface area contributed by atoms with E-state index < -0.39 is 5.54 Å². The van der Waals surface area contributed by atoms with Crippen molar-refractivity contribution in [2.45, 2.75) is 51.2 Å². The molecule has 1 aromatic carbocycles. The van der Waals surface area contributed by atoms with Crippen LogP contribution < -0.4 is 10.1 Å². The van der Waals surface area contributed by atoms with Crippen LogP contribution in [-0.2, 0) is 0 Å². The third kappa shape index (κ3) is 2.90. The second kappa shape index (κ2) is 5.63. The Morgan fingerprint density at radius 2 is 2.21 bits per heavy atom. The van der Waals surface area contributed by atoms with Gasteiger partial charge in [-0.05, 0) is 57.4 Å². The van der Waals surface area contributed by atoms with Crippen molar-refractivity contribution in [2.24, 2.45) is 0 Å². The van der Waals surface area contributed by atoms with Crippen LogP contribution in [0, 0.1) is 25.2 Å². The molecule has 0 aliphatic heterocycles. The predicted octanol–water partition coefficient (Wildman–Crippen LogP) is 3.11. The molecule has 1 saturated carbocycles. The molecule has 1 N–H and O–H groups in total. The molecule has 1 aliphatic carbocycles. The van der Waals surface area contributed by atoms with E-state index in [9.17, 15) is 5.26 Å². The highest BCUT2D eigenvalue weighted by atomic mass is 16.5. The van der Waals surface area contributed by atoms with Crippen LogP contribution in [0.1, 0.15) is 36.8 Å². The summed E-state index contributed by atoms with van der Waals surface area (Å²) in [7, 11) is 1.86. The number of nitrogens with zero attached hydrogens (tertiary/aromatic N) is 1. The minimum atomic E-state index is -0.416. The molecule has 1 aliphatic rings. The van der Waals surface area contributed by atoms with Crippen LogP contribution in [0.3, 0.4) is 0 Å². The Balaban J connectivity index is 2.11. The van der Waals surface area contributed by atoms with Crippen LogP contribution in [0.4, 0.5) is 0 Å². The lowest BCUT2D eigenvalue weighted by atomic mass is 9.81. The molecule has 3 heteroatoms. The molecule has 1 fully saturated rings. The molecule has 0 amide bonds. The minimum absolute atomic E-state index is 0.126. The molecule has 19 heavy (non-hydrogen) atoms. The number of aryl methyl sites for hydroxylation is 1. The van der Waals surface area contributed by atoms with Gasteiger partial charge in [0.25, 0.3) is 0 Å². The van der Waals surface area contributed by atoms with Gasteiger partial charge in [0.05, 0.1) is 6.07 Å². The summed E-state index contributed by atoms with van der Waals surface area (Å²) >= 11 is 0. The maximum Gasteiger partial charge on any atom is 0.122 e. The van der Waals surface area contributed by atoms with Gasteiger partial charge in [-0.25, -0.2) is 0 Å². The van der Waals surface area contributed by atoms with E-state index in [0.717, 1.165) is 31.4 Å². The molecule has 2 rings (SSSR count). The van der Waals surface area contributed by atoms with Gasteiger partial charge in [-0.2, -0.15) is 5.26 Å². The van der Waals surface area contributed by atoms with Crippen LogP contribution >= 0.6 is 0 Å². The first-order valence-electron chi connectivity index (χ1n) is 6.93. The minimum Gasteiger partial charge on any atom is -0.490 e. The van der Waals surface area contributed by atoms with E-state index in [4.69, 9.17) is 4.74 Å². The van der Waals surface area contributed by atoms with Gasteiger partial charge in [0.15, 0.2) is 0 Å². The summed E-state index contributed by atoms with van der Waals surface area (Å²) in [5.41, 5.74) is 2.02. The number of ether oxygens (including phenoxy) is 1. The third-order valence-corrected chi connectivity index (χ3v) is 4.25. The van der Waals surface area contributed by atoms with Gasteiger partial charge in [-0.3, -0.25) is 0 Å². The number of hydrogen-bond donors (Lipinski definition) is 1. The first kappa shape index (κ1) is 13.9. The fourth-order valence-corrected chi connectivity index (χ4v) is 2.74. The first-order chi connectivity index (χ1) is 9.10. The molecule has 1 aromatic rings. The van der Waals surface area contributed by atoms with Crippen molar-refractivity contribution in [3.05, 3.63) is 29.3 Å². The van der Waals surface area contributed by atoms with Crippen molar-refractivity contribution in [1.82, 2.24) is 5.32 Å². The van der Waals surface area contributed by atoms with Gasteiger partial charge >= 0.3 is 0 Å². The lowest BCUT2D eigenvalue weighted by molar-refractivity contribution is 0.115. The number of hydrogen-bond acceptors (Lipinski definition) is 3. The van der Waals surface area contributed by atoms with E-state index in [-0.39, 0.29) is 6.10 Å². The van der Waals surface area contributed by atoms with E-state index in [1.165, 1.54) is 11.1 Å². The maximum absolute atomic E-state index is 9.36. The summed E-state index contributed by atoms with van der Waals surface area (Å²) < 4.78 is 6.13. The summed E-state index contributed by atoms with van der Waals surface area (Å²) in [4.78, 5) is 0. The highest BCUT2D eigenvalue weighted by molar-refractivity contribution is 5.38. The van der Waals surface area contributed by atoms with Crippen LogP contribution in [0.25, 0.3) is 0 Å². The fourth-order valence-electron chi connectivity index (χ4n) is 2.74. The van der Waals surface area contributed by atoms with Crippen molar-refractivity contribution < 1.29 is 4.74 Å². The van der Waals surface area contributed by atoms with E-state index in [1.807, 2.05) is 19.2 Å². The highest BCUT2D eigenvalue weighted by Crippen LogP contribution is 2.32. The van der Waals surface area contributed by atoms with Crippen molar-refractivity contribution in [2.75, 3.05) is 7.05 Å². The van der Waals surface area contributed by atoms with Crippen molar-refractivity contribution in [3.63, 3.8) is 0 Å². The van der Waals surface area contributed by atoms with Crippen LogP contribution in [0.15, 0.2) is 18.2 Å². The zero-order valence-electron chi connectivity index (χ0n) is 12.0. The second-order valence-corrected chi connectivity index (χ2v) is 5.48. The molecule has 102 valence electrons. The van der Waals surface area contributed by atoms with Crippen LogP contribution in [-0.4, -0.2) is 18.7 Å². The van der Waals surface area contributed by atoms with Gasteiger partial charge in [0, 0.05) is 6.42 Å². The van der Waals surface area contributed by atoms with Crippen molar-refractivity contribution in [1.29, 1.82) is 5.26 Å². The molecular weight excluding hydrogens is 236 g/mol. The molecule has 0 spiro atoms. The van der Waals surface area contributed by atoms with E-state index in [2.05, 4.69) is 31.3 Å². The van der Waals surface area contributed by atoms with Crippen molar-refractivity contribution >= 4 is 0 Å². The molecular formula is C16H22N2O. The molecule has 0 heterocycles. The molecule has 3 nitrogen and oxygen atoms in total. The number of nitrogens with one attached hydrogen (secondary N) is 1. The zero-order valence-corrected chi connectivity index (χ0v) is 12.0.